The summed E-state index contributed by atoms with van der Waals surface area (Å²) in [5.41, 5.74) is 1.39. The molecule has 11 nitrogen and oxygen atoms in total. The molecule has 3 rings (SSSR count). The third-order valence-corrected chi connectivity index (χ3v) is 6.12. The van der Waals surface area contributed by atoms with Crippen LogP contribution in [-0.4, -0.2) is 64.6 Å². The van der Waals surface area contributed by atoms with Gasteiger partial charge in [-0.3, -0.25) is 14.4 Å². The second-order valence-electron chi connectivity index (χ2n) is 11.1. The van der Waals surface area contributed by atoms with Crippen molar-refractivity contribution in [2.75, 3.05) is 26.5 Å². The lowest BCUT2D eigenvalue weighted by Crippen LogP contribution is -2.44. The predicted octanol–water partition coefficient (Wildman–Crippen LogP) is 3.59. The number of alkyl carbamates (subject to hydrolysis) is 1. The number of halogens is 1. The fourth-order valence-corrected chi connectivity index (χ4v) is 4.19. The zero-order valence-corrected chi connectivity index (χ0v) is 24.2. The molecule has 2 heterocycles. The quantitative estimate of drug-likeness (QED) is 0.320. The first-order chi connectivity index (χ1) is 19.3. The van der Waals surface area contributed by atoms with Crippen LogP contribution in [0.3, 0.4) is 0 Å². The maximum atomic E-state index is 14.3. The monoisotopic (exact) mass is 568 g/mol. The van der Waals surface area contributed by atoms with Crippen LogP contribution in [0.1, 0.15) is 45.0 Å². The van der Waals surface area contributed by atoms with E-state index in [4.69, 9.17) is 0 Å². The fraction of sp³-hybridized carbons (Fsp3) is 0.414. The number of carbonyl (C=O) groups is 3. The molecule has 0 aliphatic rings. The maximum absolute atomic E-state index is 14.3. The molecule has 3 aromatic rings. The number of rotatable bonds is 10. The minimum Gasteiger partial charge on any atom is -0.453 e. The Kier molecular flexibility index (Phi) is 10.0. The summed E-state index contributed by atoms with van der Waals surface area (Å²) >= 11 is 0. The molecule has 0 fully saturated rings. The van der Waals surface area contributed by atoms with Gasteiger partial charge < -0.3 is 29.8 Å². The number of fused-ring (bicyclic) bond motifs is 1. The van der Waals surface area contributed by atoms with Gasteiger partial charge in [0, 0.05) is 20.3 Å². The molecule has 0 unspecified atom stereocenters. The molecule has 0 aliphatic carbocycles. The second-order valence-corrected chi connectivity index (χ2v) is 11.1. The summed E-state index contributed by atoms with van der Waals surface area (Å²) in [5, 5.41) is 5.04. The van der Waals surface area contributed by atoms with Gasteiger partial charge in [0.25, 0.3) is 5.56 Å². The molecular weight excluding hydrogens is 531 g/mol. The summed E-state index contributed by atoms with van der Waals surface area (Å²) in [4.78, 5) is 59.0. The molecule has 41 heavy (non-hydrogen) atoms. The van der Waals surface area contributed by atoms with E-state index in [9.17, 15) is 23.6 Å². The van der Waals surface area contributed by atoms with Gasteiger partial charge in [0.05, 0.1) is 24.7 Å². The van der Waals surface area contributed by atoms with E-state index in [2.05, 4.69) is 46.1 Å². The Morgan fingerprint density at radius 2 is 1.98 bits per heavy atom. The van der Waals surface area contributed by atoms with E-state index in [1.54, 1.807) is 32.4 Å². The number of methoxy groups -OCH3 is 1. The molecule has 0 saturated heterocycles. The molecule has 1 aromatic carbocycles. The summed E-state index contributed by atoms with van der Waals surface area (Å²) in [6.45, 7) is 6.24. The van der Waals surface area contributed by atoms with Crippen LogP contribution < -0.4 is 16.2 Å². The van der Waals surface area contributed by atoms with Crippen molar-refractivity contribution < 1.29 is 23.5 Å². The average Bonchev–Trinajstić information content (AvgIpc) is 3.29. The summed E-state index contributed by atoms with van der Waals surface area (Å²) in [5.74, 6) is -0.750. The van der Waals surface area contributed by atoms with Crippen LogP contribution in [0.4, 0.5) is 14.9 Å². The third kappa shape index (κ3) is 8.75. The lowest BCUT2D eigenvalue weighted by molar-refractivity contribution is -0.123. The van der Waals surface area contributed by atoms with Crippen molar-refractivity contribution in [3.8, 4) is 0 Å². The number of imidazole rings is 1. The van der Waals surface area contributed by atoms with Crippen LogP contribution in [0, 0.1) is 11.2 Å². The molecule has 0 saturated carbocycles. The highest BCUT2D eigenvalue weighted by molar-refractivity contribution is 5.96. The van der Waals surface area contributed by atoms with Crippen molar-refractivity contribution >= 4 is 34.6 Å². The van der Waals surface area contributed by atoms with Crippen LogP contribution >= 0.6 is 0 Å². The van der Waals surface area contributed by atoms with E-state index in [1.165, 1.54) is 40.9 Å². The topological polar surface area (TPSA) is 138 Å². The van der Waals surface area contributed by atoms with Gasteiger partial charge in [0.2, 0.25) is 11.8 Å². The van der Waals surface area contributed by atoms with Gasteiger partial charge in [-0.25, -0.2) is 14.2 Å². The molecular formula is C29H37FN6O5. The number of likely N-dealkylation sites (N-methyl/N-ethyl adjacent to an activating group) is 1. The Hall–Kier alpha value is -4.48. The first kappa shape index (κ1) is 31.1. The number of hydrogen-bond acceptors (Lipinski definition) is 6. The SMILES string of the molecule is COC(=O)N[C@@H](CC/C=C/C(=O)N(C)C)C(=O)Nc1cccn(Cc2nc3c(CC(C)(C)C)cc(F)cc3[nH]2)c1=O. The fourth-order valence-electron chi connectivity index (χ4n) is 4.19. The van der Waals surface area contributed by atoms with Gasteiger partial charge in [0.15, 0.2) is 0 Å². The zero-order valence-electron chi connectivity index (χ0n) is 24.2. The molecule has 0 bridgehead atoms. The number of nitrogens with zero attached hydrogens (tertiary/aromatic N) is 3. The van der Waals surface area contributed by atoms with Crippen LogP contribution in [-0.2, 0) is 27.3 Å². The van der Waals surface area contributed by atoms with Crippen molar-refractivity contribution in [2.45, 2.75) is 52.6 Å². The van der Waals surface area contributed by atoms with Gasteiger partial charge >= 0.3 is 6.09 Å². The first-order valence-electron chi connectivity index (χ1n) is 13.2. The number of nitrogens with one attached hydrogen (secondary N) is 3. The van der Waals surface area contributed by atoms with Crippen LogP contribution in [0.15, 0.2) is 47.4 Å². The maximum Gasteiger partial charge on any atom is 0.407 e. The number of aromatic amines is 1. The largest absolute Gasteiger partial charge is 0.453 e. The summed E-state index contributed by atoms with van der Waals surface area (Å²) < 4.78 is 20.3. The van der Waals surface area contributed by atoms with Crippen molar-refractivity contribution in [1.29, 1.82) is 0 Å². The van der Waals surface area contributed by atoms with Crippen molar-refractivity contribution in [3.05, 3.63) is 70.2 Å². The Balaban J connectivity index is 1.79. The molecule has 3 amide bonds. The molecule has 0 spiro atoms. The minimum absolute atomic E-state index is 0.00284. The lowest BCUT2D eigenvalue weighted by Gasteiger charge is -2.18. The summed E-state index contributed by atoms with van der Waals surface area (Å²) in [7, 11) is 4.41. The van der Waals surface area contributed by atoms with Gasteiger partial charge in [-0.15, -0.1) is 0 Å². The molecule has 0 radical (unpaired) electrons. The van der Waals surface area contributed by atoms with E-state index in [1.807, 2.05) is 0 Å². The standard InChI is InChI=1S/C29H37FN6O5/c1-29(2,3)16-18-14-19(30)15-22-25(18)34-23(31-22)17-36-13-9-11-21(27(36)39)32-26(38)20(33-28(40)41-6)10-7-8-12-24(37)35(4)5/h8-9,11-15,20H,7,10,16-17H2,1-6H3,(H,31,34)(H,32,38)(H,33,40)/b12-8+/t20-/m0/s1. The molecule has 0 aliphatic heterocycles. The number of amides is 3. The number of H-pyrrole nitrogens is 1. The first-order valence-corrected chi connectivity index (χ1v) is 13.2. The number of ether oxygens (including phenoxy) is 1. The molecule has 1 atom stereocenters. The van der Waals surface area contributed by atoms with E-state index >= 15 is 0 Å². The van der Waals surface area contributed by atoms with E-state index in [0.717, 1.165) is 5.56 Å². The molecule has 3 N–H and O–H groups in total. The predicted molar refractivity (Wildman–Crippen MR) is 154 cm³/mol. The molecule has 2 aromatic heterocycles. The van der Waals surface area contributed by atoms with Crippen LogP contribution in [0.5, 0.6) is 0 Å². The Labute approximate surface area is 237 Å². The number of benzene rings is 1. The number of hydrogen-bond donors (Lipinski definition) is 3. The van der Waals surface area contributed by atoms with Crippen LogP contribution in [0.25, 0.3) is 11.0 Å². The zero-order chi connectivity index (χ0) is 30.3. The van der Waals surface area contributed by atoms with Gasteiger partial charge in [0.1, 0.15) is 23.4 Å². The van der Waals surface area contributed by atoms with Gasteiger partial charge in [-0.1, -0.05) is 26.8 Å². The summed E-state index contributed by atoms with van der Waals surface area (Å²) in [6.07, 6.45) is 4.81. The number of pyridine rings is 1. The summed E-state index contributed by atoms with van der Waals surface area (Å²) in [6, 6.07) is 4.88. The smallest absolute Gasteiger partial charge is 0.407 e. The van der Waals surface area contributed by atoms with Gasteiger partial charge in [-0.2, -0.15) is 0 Å². The highest BCUT2D eigenvalue weighted by atomic mass is 19.1. The van der Waals surface area contributed by atoms with E-state index in [-0.39, 0.29) is 35.8 Å². The minimum atomic E-state index is -1.03. The van der Waals surface area contributed by atoms with E-state index in [0.29, 0.717) is 29.7 Å². The molecule has 220 valence electrons. The lowest BCUT2D eigenvalue weighted by atomic mass is 9.87. The van der Waals surface area contributed by atoms with E-state index < -0.39 is 23.6 Å². The van der Waals surface area contributed by atoms with Crippen LogP contribution in [0.2, 0.25) is 0 Å². The van der Waals surface area contributed by atoms with Crippen molar-refractivity contribution in [2.24, 2.45) is 5.41 Å². The normalized spacial score (nSPS) is 12.4. The number of aromatic nitrogens is 3. The second kappa shape index (κ2) is 13.2. The van der Waals surface area contributed by atoms with Crippen molar-refractivity contribution in [3.63, 3.8) is 0 Å². The Morgan fingerprint density at radius 3 is 2.63 bits per heavy atom. The number of carbonyl (C=O) groups excluding carboxylic acids is 3. The highest BCUT2D eigenvalue weighted by Gasteiger charge is 2.22. The highest BCUT2D eigenvalue weighted by Crippen LogP contribution is 2.27. The number of anilines is 1. The number of allylic oxidation sites excluding steroid dienone is 1. The van der Waals surface area contributed by atoms with Crippen molar-refractivity contribution in [1.82, 2.24) is 24.8 Å². The average molecular weight is 569 g/mol. The van der Waals surface area contributed by atoms with Gasteiger partial charge in [-0.05, 0) is 60.6 Å². The molecule has 12 heteroatoms. The Bertz CT molecular complexity index is 1500. The third-order valence-electron chi connectivity index (χ3n) is 6.12. The Morgan fingerprint density at radius 1 is 1.24 bits per heavy atom.